The SMILES string of the molecule is Cc1cc(C(=O)Nc2cccnc2Br)ccc1N. The number of nitrogen functional groups attached to an aromatic ring is 1. The number of aromatic nitrogens is 1. The standard InChI is InChI=1S/C13H12BrN3O/c1-8-7-9(4-5-10(8)15)13(18)17-11-3-2-6-16-12(11)14/h2-7H,15H2,1H3,(H,17,18). The average molecular weight is 306 g/mol. The molecule has 1 amide bonds. The van der Waals surface area contributed by atoms with E-state index in [1.54, 1.807) is 36.5 Å². The molecule has 1 aromatic heterocycles. The summed E-state index contributed by atoms with van der Waals surface area (Å²) in [5.41, 5.74) is 8.48. The number of hydrogen-bond acceptors (Lipinski definition) is 3. The van der Waals surface area contributed by atoms with E-state index < -0.39 is 0 Å². The van der Waals surface area contributed by atoms with Gasteiger partial charge in [-0.15, -0.1) is 0 Å². The molecule has 0 aliphatic rings. The summed E-state index contributed by atoms with van der Waals surface area (Å²) < 4.78 is 0.602. The molecule has 4 nitrogen and oxygen atoms in total. The van der Waals surface area contributed by atoms with E-state index in [2.05, 4.69) is 26.2 Å². The molecule has 92 valence electrons. The van der Waals surface area contributed by atoms with Crippen molar-refractivity contribution in [3.8, 4) is 0 Å². The monoisotopic (exact) mass is 305 g/mol. The van der Waals surface area contributed by atoms with Gasteiger partial charge in [0.2, 0.25) is 0 Å². The Hall–Kier alpha value is -1.88. The summed E-state index contributed by atoms with van der Waals surface area (Å²) >= 11 is 3.28. The Morgan fingerprint density at radius 1 is 1.39 bits per heavy atom. The van der Waals surface area contributed by atoms with Crippen LogP contribution in [0, 0.1) is 6.92 Å². The van der Waals surface area contributed by atoms with Gasteiger partial charge >= 0.3 is 0 Å². The molecule has 0 spiro atoms. The van der Waals surface area contributed by atoms with E-state index in [-0.39, 0.29) is 5.91 Å². The van der Waals surface area contributed by atoms with Crippen molar-refractivity contribution in [2.24, 2.45) is 0 Å². The van der Waals surface area contributed by atoms with Crippen molar-refractivity contribution in [2.45, 2.75) is 6.92 Å². The van der Waals surface area contributed by atoms with Crippen molar-refractivity contribution in [1.29, 1.82) is 0 Å². The number of carbonyl (C=O) groups is 1. The zero-order valence-corrected chi connectivity index (χ0v) is 11.4. The first-order chi connectivity index (χ1) is 8.58. The lowest BCUT2D eigenvalue weighted by Crippen LogP contribution is -2.13. The van der Waals surface area contributed by atoms with Crippen LogP contribution in [0.25, 0.3) is 0 Å². The summed E-state index contributed by atoms with van der Waals surface area (Å²) in [6, 6.07) is 8.72. The number of amides is 1. The molecular weight excluding hydrogens is 294 g/mol. The van der Waals surface area contributed by atoms with E-state index in [1.807, 2.05) is 6.92 Å². The van der Waals surface area contributed by atoms with E-state index in [0.29, 0.717) is 21.5 Å². The van der Waals surface area contributed by atoms with Crippen molar-refractivity contribution in [3.05, 3.63) is 52.3 Å². The molecule has 0 aliphatic carbocycles. The normalized spacial score (nSPS) is 10.1. The zero-order valence-electron chi connectivity index (χ0n) is 9.77. The van der Waals surface area contributed by atoms with Gasteiger partial charge in [0.15, 0.2) is 0 Å². The molecule has 0 saturated heterocycles. The number of halogens is 1. The maximum Gasteiger partial charge on any atom is 0.255 e. The lowest BCUT2D eigenvalue weighted by Gasteiger charge is -2.08. The highest BCUT2D eigenvalue weighted by Gasteiger charge is 2.09. The summed E-state index contributed by atoms with van der Waals surface area (Å²) in [4.78, 5) is 16.1. The molecular formula is C13H12BrN3O. The third kappa shape index (κ3) is 2.68. The molecule has 5 heteroatoms. The molecule has 3 N–H and O–H groups in total. The predicted octanol–water partition coefficient (Wildman–Crippen LogP) is 2.99. The summed E-state index contributed by atoms with van der Waals surface area (Å²) in [6.07, 6.45) is 1.65. The maximum atomic E-state index is 12.0. The van der Waals surface area contributed by atoms with Crippen LogP contribution in [0.5, 0.6) is 0 Å². The van der Waals surface area contributed by atoms with Crippen molar-refractivity contribution in [1.82, 2.24) is 4.98 Å². The van der Waals surface area contributed by atoms with Crippen LogP contribution in [0.4, 0.5) is 11.4 Å². The Morgan fingerprint density at radius 3 is 2.83 bits per heavy atom. The molecule has 0 bridgehead atoms. The quantitative estimate of drug-likeness (QED) is 0.662. The minimum atomic E-state index is -0.188. The van der Waals surface area contributed by atoms with Crippen LogP contribution in [0.3, 0.4) is 0 Å². The molecule has 2 aromatic rings. The molecule has 0 atom stereocenters. The van der Waals surface area contributed by atoms with E-state index in [0.717, 1.165) is 5.56 Å². The Morgan fingerprint density at radius 2 is 2.17 bits per heavy atom. The molecule has 1 heterocycles. The first-order valence-corrected chi connectivity index (χ1v) is 6.15. The largest absolute Gasteiger partial charge is 0.399 e. The number of hydrogen-bond donors (Lipinski definition) is 2. The topological polar surface area (TPSA) is 68.0 Å². The summed E-state index contributed by atoms with van der Waals surface area (Å²) in [5, 5.41) is 2.78. The Labute approximate surface area is 113 Å². The van der Waals surface area contributed by atoms with Gasteiger partial charge in [0.25, 0.3) is 5.91 Å². The average Bonchev–Trinajstić information content (AvgIpc) is 2.35. The zero-order chi connectivity index (χ0) is 13.1. The second-order valence-electron chi connectivity index (χ2n) is 3.87. The third-order valence-corrected chi connectivity index (χ3v) is 3.17. The van der Waals surface area contributed by atoms with Crippen LogP contribution in [0.2, 0.25) is 0 Å². The molecule has 2 rings (SSSR count). The van der Waals surface area contributed by atoms with Gasteiger partial charge in [-0.05, 0) is 58.7 Å². The molecule has 1 aromatic carbocycles. The smallest absolute Gasteiger partial charge is 0.255 e. The van der Waals surface area contributed by atoms with Crippen LogP contribution >= 0.6 is 15.9 Å². The van der Waals surface area contributed by atoms with E-state index >= 15 is 0 Å². The fourth-order valence-electron chi connectivity index (χ4n) is 1.49. The highest BCUT2D eigenvalue weighted by Crippen LogP contribution is 2.20. The predicted molar refractivity (Wildman–Crippen MR) is 75.5 cm³/mol. The van der Waals surface area contributed by atoms with Gasteiger partial charge in [-0.25, -0.2) is 4.98 Å². The number of carbonyl (C=O) groups excluding carboxylic acids is 1. The van der Waals surface area contributed by atoms with Crippen LogP contribution in [-0.4, -0.2) is 10.9 Å². The molecule has 0 fully saturated rings. The van der Waals surface area contributed by atoms with Crippen molar-refractivity contribution in [3.63, 3.8) is 0 Å². The van der Waals surface area contributed by atoms with Gasteiger partial charge in [-0.2, -0.15) is 0 Å². The van der Waals surface area contributed by atoms with Gasteiger partial charge in [0.05, 0.1) is 5.69 Å². The van der Waals surface area contributed by atoms with Crippen LogP contribution in [0.15, 0.2) is 41.1 Å². The molecule has 0 aliphatic heterocycles. The highest BCUT2D eigenvalue weighted by atomic mass is 79.9. The van der Waals surface area contributed by atoms with Gasteiger partial charge in [-0.1, -0.05) is 0 Å². The molecule has 0 radical (unpaired) electrons. The first kappa shape index (κ1) is 12.6. The fourth-order valence-corrected chi connectivity index (χ4v) is 1.84. The maximum absolute atomic E-state index is 12.0. The molecule has 0 unspecified atom stereocenters. The minimum Gasteiger partial charge on any atom is -0.399 e. The molecule has 0 saturated carbocycles. The van der Waals surface area contributed by atoms with Crippen molar-refractivity contribution < 1.29 is 4.79 Å². The van der Waals surface area contributed by atoms with Gasteiger partial charge in [0.1, 0.15) is 4.60 Å². The number of nitrogens with zero attached hydrogens (tertiary/aromatic N) is 1. The Bertz CT molecular complexity index is 599. The van der Waals surface area contributed by atoms with E-state index in [9.17, 15) is 4.79 Å². The Balaban J connectivity index is 2.22. The Kier molecular flexibility index (Phi) is 3.62. The number of pyridine rings is 1. The number of nitrogens with two attached hydrogens (primary N) is 1. The number of anilines is 2. The number of nitrogens with one attached hydrogen (secondary N) is 1. The third-order valence-electron chi connectivity index (χ3n) is 2.54. The summed E-state index contributed by atoms with van der Waals surface area (Å²) in [7, 11) is 0. The number of rotatable bonds is 2. The minimum absolute atomic E-state index is 0.188. The second kappa shape index (κ2) is 5.18. The van der Waals surface area contributed by atoms with Gasteiger partial charge in [-0.3, -0.25) is 4.79 Å². The number of benzene rings is 1. The number of aryl methyl sites for hydroxylation is 1. The lowest BCUT2D eigenvalue weighted by atomic mass is 10.1. The lowest BCUT2D eigenvalue weighted by molar-refractivity contribution is 0.102. The summed E-state index contributed by atoms with van der Waals surface area (Å²) in [6.45, 7) is 1.87. The van der Waals surface area contributed by atoms with Gasteiger partial charge in [0, 0.05) is 17.4 Å². The van der Waals surface area contributed by atoms with Crippen LogP contribution < -0.4 is 11.1 Å². The van der Waals surface area contributed by atoms with Crippen molar-refractivity contribution >= 4 is 33.2 Å². The first-order valence-electron chi connectivity index (χ1n) is 5.36. The van der Waals surface area contributed by atoms with E-state index in [1.165, 1.54) is 0 Å². The van der Waals surface area contributed by atoms with Crippen molar-refractivity contribution in [2.75, 3.05) is 11.1 Å². The van der Waals surface area contributed by atoms with Gasteiger partial charge < -0.3 is 11.1 Å². The summed E-state index contributed by atoms with van der Waals surface area (Å²) in [5.74, 6) is -0.188. The van der Waals surface area contributed by atoms with E-state index in [4.69, 9.17) is 5.73 Å². The van der Waals surface area contributed by atoms with Crippen LogP contribution in [-0.2, 0) is 0 Å². The highest BCUT2D eigenvalue weighted by molar-refractivity contribution is 9.10. The van der Waals surface area contributed by atoms with Crippen LogP contribution in [0.1, 0.15) is 15.9 Å². The second-order valence-corrected chi connectivity index (χ2v) is 4.62. The fraction of sp³-hybridized carbons (Fsp3) is 0.0769. The molecule has 18 heavy (non-hydrogen) atoms.